The van der Waals surface area contributed by atoms with Crippen molar-refractivity contribution in [3.63, 3.8) is 0 Å². The van der Waals surface area contributed by atoms with Crippen molar-refractivity contribution in [1.82, 2.24) is 4.98 Å². The molecule has 118 valence electrons. The quantitative estimate of drug-likeness (QED) is 0.648. The SMILES string of the molecule is O=S(=O)(c1ccc(F)c(F)c1)c1cnc2ccc(F)cc2c1Cl. The van der Waals surface area contributed by atoms with E-state index in [1.165, 1.54) is 6.07 Å². The monoisotopic (exact) mass is 357 g/mol. The van der Waals surface area contributed by atoms with E-state index in [-0.39, 0.29) is 10.4 Å². The average Bonchev–Trinajstić information content (AvgIpc) is 2.50. The second-order valence-electron chi connectivity index (χ2n) is 4.68. The normalized spacial score (nSPS) is 11.8. The Balaban J connectivity index is 2.26. The lowest BCUT2D eigenvalue weighted by molar-refractivity contribution is 0.504. The minimum Gasteiger partial charge on any atom is -0.255 e. The summed E-state index contributed by atoms with van der Waals surface area (Å²) in [4.78, 5) is 3.03. The molecule has 0 saturated carbocycles. The van der Waals surface area contributed by atoms with Crippen LogP contribution in [0.2, 0.25) is 5.02 Å². The van der Waals surface area contributed by atoms with E-state index in [0.717, 1.165) is 24.4 Å². The third-order valence-electron chi connectivity index (χ3n) is 3.22. The topological polar surface area (TPSA) is 47.0 Å². The maximum atomic E-state index is 13.3. The van der Waals surface area contributed by atoms with E-state index in [9.17, 15) is 21.6 Å². The van der Waals surface area contributed by atoms with Crippen LogP contribution in [0, 0.1) is 17.5 Å². The van der Waals surface area contributed by atoms with Crippen molar-refractivity contribution in [2.45, 2.75) is 9.79 Å². The molecular weight excluding hydrogens is 351 g/mol. The Morgan fingerprint density at radius 1 is 0.957 bits per heavy atom. The van der Waals surface area contributed by atoms with Gasteiger partial charge in [0.15, 0.2) is 11.6 Å². The number of nitrogens with zero attached hydrogens (tertiary/aromatic N) is 1. The van der Waals surface area contributed by atoms with Gasteiger partial charge in [-0.15, -0.1) is 0 Å². The van der Waals surface area contributed by atoms with Crippen molar-refractivity contribution in [2.24, 2.45) is 0 Å². The van der Waals surface area contributed by atoms with Gasteiger partial charge in [0, 0.05) is 11.6 Å². The number of pyridine rings is 1. The van der Waals surface area contributed by atoms with Crippen LogP contribution in [0.3, 0.4) is 0 Å². The number of benzene rings is 2. The highest BCUT2D eigenvalue weighted by molar-refractivity contribution is 7.91. The molecule has 3 rings (SSSR count). The molecule has 0 amide bonds. The molecule has 0 spiro atoms. The lowest BCUT2D eigenvalue weighted by atomic mass is 10.2. The van der Waals surface area contributed by atoms with Crippen LogP contribution in [0.1, 0.15) is 0 Å². The van der Waals surface area contributed by atoms with Crippen LogP contribution in [0.5, 0.6) is 0 Å². The van der Waals surface area contributed by atoms with Gasteiger partial charge >= 0.3 is 0 Å². The summed E-state index contributed by atoms with van der Waals surface area (Å²) in [6, 6.07) is 5.73. The molecule has 0 radical (unpaired) electrons. The first-order chi connectivity index (χ1) is 10.8. The molecule has 1 heterocycles. The fraction of sp³-hybridized carbons (Fsp3) is 0. The molecule has 0 aliphatic heterocycles. The van der Waals surface area contributed by atoms with Crippen molar-refractivity contribution in [3.8, 4) is 0 Å². The summed E-state index contributed by atoms with van der Waals surface area (Å²) < 4.78 is 64.7. The molecule has 0 atom stereocenters. The number of fused-ring (bicyclic) bond motifs is 1. The lowest BCUT2D eigenvalue weighted by Crippen LogP contribution is -2.05. The highest BCUT2D eigenvalue weighted by atomic mass is 35.5. The zero-order valence-corrected chi connectivity index (χ0v) is 12.8. The van der Waals surface area contributed by atoms with Gasteiger partial charge in [-0.3, -0.25) is 4.98 Å². The molecule has 1 aromatic heterocycles. The molecule has 0 saturated heterocycles. The highest BCUT2D eigenvalue weighted by Gasteiger charge is 2.24. The molecule has 23 heavy (non-hydrogen) atoms. The minimum atomic E-state index is -4.24. The number of rotatable bonds is 2. The van der Waals surface area contributed by atoms with E-state index in [2.05, 4.69) is 4.98 Å². The summed E-state index contributed by atoms with van der Waals surface area (Å²) in [6.07, 6.45) is 0.999. The van der Waals surface area contributed by atoms with Crippen molar-refractivity contribution in [2.75, 3.05) is 0 Å². The van der Waals surface area contributed by atoms with Crippen molar-refractivity contribution in [3.05, 3.63) is 65.1 Å². The number of aromatic nitrogens is 1. The van der Waals surface area contributed by atoms with Gasteiger partial charge in [-0.2, -0.15) is 0 Å². The van der Waals surface area contributed by atoms with Gasteiger partial charge in [-0.1, -0.05) is 11.6 Å². The first-order valence-corrected chi connectivity index (χ1v) is 8.11. The van der Waals surface area contributed by atoms with Crippen molar-refractivity contribution in [1.29, 1.82) is 0 Å². The van der Waals surface area contributed by atoms with Gasteiger partial charge in [-0.25, -0.2) is 21.6 Å². The highest BCUT2D eigenvalue weighted by Crippen LogP contribution is 2.33. The standard InChI is InChI=1S/C15H7ClF3NO2S/c16-15-10-5-8(17)1-4-13(10)20-7-14(15)23(21,22)9-2-3-11(18)12(19)6-9/h1-7H. The summed E-state index contributed by atoms with van der Waals surface area (Å²) in [5.41, 5.74) is 0.306. The molecule has 0 N–H and O–H groups in total. The van der Waals surface area contributed by atoms with Gasteiger partial charge in [0.05, 0.1) is 15.4 Å². The van der Waals surface area contributed by atoms with Crippen LogP contribution in [-0.4, -0.2) is 13.4 Å². The second-order valence-corrected chi connectivity index (χ2v) is 6.97. The van der Waals surface area contributed by atoms with Crippen LogP contribution < -0.4 is 0 Å². The Bertz CT molecular complexity index is 1040. The predicted octanol–water partition coefficient (Wildman–Crippen LogP) is 4.14. The van der Waals surface area contributed by atoms with E-state index < -0.39 is 37.1 Å². The Hall–Kier alpha value is -2.12. The van der Waals surface area contributed by atoms with E-state index >= 15 is 0 Å². The third kappa shape index (κ3) is 2.66. The maximum Gasteiger partial charge on any atom is 0.209 e. The first-order valence-electron chi connectivity index (χ1n) is 6.24. The van der Waals surface area contributed by atoms with Gasteiger partial charge in [0.25, 0.3) is 0 Å². The Labute approximate surface area is 134 Å². The predicted molar refractivity (Wildman–Crippen MR) is 78.5 cm³/mol. The molecule has 0 aliphatic carbocycles. The summed E-state index contributed by atoms with van der Waals surface area (Å²) in [5, 5.41) is -0.130. The van der Waals surface area contributed by atoms with Gasteiger partial charge in [0.1, 0.15) is 10.7 Å². The first kappa shape index (κ1) is 15.8. The Morgan fingerprint density at radius 2 is 1.70 bits per heavy atom. The van der Waals surface area contributed by atoms with Gasteiger partial charge in [0.2, 0.25) is 9.84 Å². The molecule has 3 aromatic rings. The van der Waals surface area contributed by atoms with E-state index in [1.807, 2.05) is 0 Å². The molecule has 0 unspecified atom stereocenters. The van der Waals surface area contributed by atoms with Gasteiger partial charge in [-0.05, 0) is 36.4 Å². The van der Waals surface area contributed by atoms with Crippen LogP contribution >= 0.6 is 11.6 Å². The van der Waals surface area contributed by atoms with Crippen LogP contribution in [-0.2, 0) is 9.84 Å². The average molecular weight is 358 g/mol. The molecule has 8 heteroatoms. The number of hydrogen-bond acceptors (Lipinski definition) is 3. The molecule has 0 fully saturated rings. The van der Waals surface area contributed by atoms with Crippen molar-refractivity contribution < 1.29 is 21.6 Å². The van der Waals surface area contributed by atoms with Crippen molar-refractivity contribution >= 4 is 32.3 Å². The Morgan fingerprint density at radius 3 is 2.39 bits per heavy atom. The maximum absolute atomic E-state index is 13.3. The smallest absolute Gasteiger partial charge is 0.209 e. The molecular formula is C15H7ClF3NO2S. The second kappa shape index (κ2) is 5.50. The molecule has 3 nitrogen and oxygen atoms in total. The zero-order valence-electron chi connectivity index (χ0n) is 11.2. The zero-order chi connectivity index (χ0) is 16.8. The Kier molecular flexibility index (Phi) is 3.77. The number of hydrogen-bond donors (Lipinski definition) is 0. The van der Waals surface area contributed by atoms with Crippen LogP contribution in [0.25, 0.3) is 10.9 Å². The van der Waals surface area contributed by atoms with E-state index in [0.29, 0.717) is 17.6 Å². The van der Waals surface area contributed by atoms with Crippen LogP contribution in [0.4, 0.5) is 13.2 Å². The summed E-state index contributed by atoms with van der Waals surface area (Å²) in [7, 11) is -4.24. The summed E-state index contributed by atoms with van der Waals surface area (Å²) in [6.45, 7) is 0. The lowest BCUT2D eigenvalue weighted by Gasteiger charge is -2.09. The van der Waals surface area contributed by atoms with E-state index in [4.69, 9.17) is 11.6 Å². The molecule has 0 bridgehead atoms. The van der Waals surface area contributed by atoms with Crippen LogP contribution in [0.15, 0.2) is 52.4 Å². The molecule has 0 aliphatic rings. The fourth-order valence-corrected chi connectivity index (χ4v) is 3.87. The summed E-state index contributed by atoms with van der Waals surface area (Å²) >= 11 is 6.07. The third-order valence-corrected chi connectivity index (χ3v) is 5.51. The number of halogens is 4. The largest absolute Gasteiger partial charge is 0.255 e. The fourth-order valence-electron chi connectivity index (χ4n) is 2.07. The van der Waals surface area contributed by atoms with Gasteiger partial charge < -0.3 is 0 Å². The molecule has 2 aromatic carbocycles. The number of sulfone groups is 1. The summed E-state index contributed by atoms with van der Waals surface area (Å²) in [5.74, 6) is -3.08. The minimum absolute atomic E-state index is 0.107. The van der Waals surface area contributed by atoms with E-state index in [1.54, 1.807) is 0 Å².